The monoisotopic (exact) mass is 303 g/mol. The molecule has 0 aliphatic carbocycles. The van der Waals surface area contributed by atoms with Crippen LogP contribution in [0.4, 0.5) is 5.69 Å². The van der Waals surface area contributed by atoms with E-state index in [4.69, 9.17) is 10.2 Å². The lowest BCUT2D eigenvalue weighted by Crippen LogP contribution is -2.12. The van der Waals surface area contributed by atoms with E-state index in [2.05, 4.69) is 9.71 Å². The quantitative estimate of drug-likeness (QED) is 0.769. The Morgan fingerprint density at radius 3 is 2.81 bits per heavy atom. The number of pyridine rings is 1. The molecule has 3 rings (SSSR count). The second kappa shape index (κ2) is 5.19. The summed E-state index contributed by atoms with van der Waals surface area (Å²) in [5.74, 6) is 0.415. The van der Waals surface area contributed by atoms with Crippen molar-refractivity contribution in [1.82, 2.24) is 4.98 Å². The zero-order chi connectivity index (χ0) is 14.9. The summed E-state index contributed by atoms with van der Waals surface area (Å²) in [5.41, 5.74) is 6.65. The first kappa shape index (κ1) is 13.6. The summed E-state index contributed by atoms with van der Waals surface area (Å²) in [6.07, 6.45) is 1.68. The molecule has 0 aliphatic heterocycles. The fourth-order valence-electron chi connectivity index (χ4n) is 1.96. The lowest BCUT2D eigenvalue weighted by atomic mass is 10.2. The Morgan fingerprint density at radius 1 is 1.19 bits per heavy atom. The van der Waals surface area contributed by atoms with Crippen LogP contribution in [0.2, 0.25) is 0 Å². The van der Waals surface area contributed by atoms with Gasteiger partial charge >= 0.3 is 0 Å². The molecule has 2 heterocycles. The van der Waals surface area contributed by atoms with E-state index in [1.807, 2.05) is 6.07 Å². The molecule has 0 saturated heterocycles. The zero-order valence-corrected chi connectivity index (χ0v) is 11.8. The van der Waals surface area contributed by atoms with Gasteiger partial charge in [0, 0.05) is 17.3 Å². The molecule has 6 nitrogen and oxygen atoms in total. The number of anilines is 1. The number of nitrogens with two attached hydrogens (primary N) is 1. The molecule has 0 bridgehead atoms. The van der Waals surface area contributed by atoms with Crippen LogP contribution >= 0.6 is 0 Å². The molecule has 0 radical (unpaired) electrons. The van der Waals surface area contributed by atoms with Crippen molar-refractivity contribution in [3.63, 3.8) is 0 Å². The maximum absolute atomic E-state index is 12.2. The van der Waals surface area contributed by atoms with Gasteiger partial charge in [-0.05, 0) is 36.4 Å². The second-order valence-electron chi connectivity index (χ2n) is 4.44. The molecule has 0 unspecified atom stereocenters. The summed E-state index contributed by atoms with van der Waals surface area (Å²) in [6, 6.07) is 11.7. The van der Waals surface area contributed by atoms with Gasteiger partial charge in [0.25, 0.3) is 10.0 Å². The first-order chi connectivity index (χ1) is 10.1. The highest BCUT2D eigenvalue weighted by atomic mass is 32.2. The van der Waals surface area contributed by atoms with Crippen molar-refractivity contribution in [3.05, 3.63) is 54.4 Å². The van der Waals surface area contributed by atoms with Crippen LogP contribution in [0.3, 0.4) is 0 Å². The maximum Gasteiger partial charge on any atom is 0.295 e. The number of rotatable bonds is 4. The number of benzene rings is 1. The molecule has 1 aromatic carbocycles. The summed E-state index contributed by atoms with van der Waals surface area (Å²) >= 11 is 0. The van der Waals surface area contributed by atoms with Gasteiger partial charge in [0.05, 0.1) is 12.1 Å². The van der Waals surface area contributed by atoms with Gasteiger partial charge in [0.2, 0.25) is 5.09 Å². The lowest BCUT2D eigenvalue weighted by molar-refractivity contribution is 0.417. The van der Waals surface area contributed by atoms with Crippen molar-refractivity contribution < 1.29 is 12.8 Å². The molecule has 3 N–H and O–H groups in total. The Morgan fingerprint density at radius 2 is 2.05 bits per heavy atom. The van der Waals surface area contributed by atoms with Gasteiger partial charge in [-0.3, -0.25) is 9.71 Å². The predicted octanol–water partition coefficient (Wildman–Crippen LogP) is 2.09. The van der Waals surface area contributed by atoms with Crippen LogP contribution in [0, 0.1) is 0 Å². The average Bonchev–Trinajstić information content (AvgIpc) is 2.96. The normalized spacial score (nSPS) is 11.7. The number of fused-ring (bicyclic) bond motifs is 1. The Kier molecular flexibility index (Phi) is 3.36. The molecule has 0 atom stereocenters. The molecule has 0 aliphatic rings. The Balaban J connectivity index is 1.93. The minimum absolute atomic E-state index is 0.150. The lowest BCUT2D eigenvalue weighted by Gasteiger charge is -2.06. The van der Waals surface area contributed by atoms with Gasteiger partial charge in [-0.1, -0.05) is 6.07 Å². The topological polar surface area (TPSA) is 98.2 Å². The van der Waals surface area contributed by atoms with Crippen LogP contribution in [-0.4, -0.2) is 13.4 Å². The van der Waals surface area contributed by atoms with E-state index >= 15 is 0 Å². The molecule has 0 spiro atoms. The summed E-state index contributed by atoms with van der Waals surface area (Å²) < 4.78 is 32.1. The number of furan rings is 1. The fraction of sp³-hybridized carbons (Fsp3) is 0.0714. The van der Waals surface area contributed by atoms with E-state index in [9.17, 15) is 8.42 Å². The number of aromatic nitrogens is 1. The third-order valence-corrected chi connectivity index (χ3v) is 4.21. The van der Waals surface area contributed by atoms with E-state index < -0.39 is 10.0 Å². The van der Waals surface area contributed by atoms with E-state index in [0.717, 1.165) is 10.9 Å². The predicted molar refractivity (Wildman–Crippen MR) is 79.2 cm³/mol. The average molecular weight is 303 g/mol. The standard InChI is InChI=1S/C14H13N3O3S/c15-9-12-4-6-14(20-12)21(18,19)17-11-3-5-13-10(8-11)2-1-7-16-13/h1-8,17H,9,15H2. The third-order valence-electron chi connectivity index (χ3n) is 2.96. The molecule has 21 heavy (non-hydrogen) atoms. The summed E-state index contributed by atoms with van der Waals surface area (Å²) in [6.45, 7) is 0.150. The number of nitrogens with zero attached hydrogens (tertiary/aromatic N) is 1. The number of nitrogens with one attached hydrogen (secondary N) is 1. The zero-order valence-electron chi connectivity index (χ0n) is 11.0. The van der Waals surface area contributed by atoms with E-state index in [1.165, 1.54) is 6.07 Å². The van der Waals surface area contributed by atoms with E-state index in [-0.39, 0.29) is 11.6 Å². The maximum atomic E-state index is 12.2. The number of hydrogen-bond acceptors (Lipinski definition) is 5. The molecular formula is C14H13N3O3S. The molecule has 2 aromatic heterocycles. The molecular weight excluding hydrogens is 290 g/mol. The SMILES string of the molecule is NCc1ccc(S(=O)(=O)Nc2ccc3ncccc3c2)o1. The van der Waals surface area contributed by atoms with Crippen molar-refractivity contribution in [2.75, 3.05) is 4.72 Å². The number of hydrogen-bond donors (Lipinski definition) is 2. The van der Waals surface area contributed by atoms with Crippen molar-refractivity contribution in [1.29, 1.82) is 0 Å². The van der Waals surface area contributed by atoms with Gasteiger partial charge in [-0.2, -0.15) is 8.42 Å². The Bertz CT molecular complexity index is 887. The highest BCUT2D eigenvalue weighted by molar-refractivity contribution is 7.92. The van der Waals surface area contributed by atoms with Gasteiger partial charge < -0.3 is 10.2 Å². The Hall–Kier alpha value is -2.38. The van der Waals surface area contributed by atoms with Crippen molar-refractivity contribution >= 4 is 26.6 Å². The highest BCUT2D eigenvalue weighted by Gasteiger charge is 2.18. The van der Waals surface area contributed by atoms with Crippen LogP contribution in [0.5, 0.6) is 0 Å². The summed E-state index contributed by atoms with van der Waals surface area (Å²) in [4.78, 5) is 4.18. The molecule has 0 fully saturated rings. The summed E-state index contributed by atoms with van der Waals surface area (Å²) in [7, 11) is -3.76. The van der Waals surface area contributed by atoms with Crippen LogP contribution in [0.15, 0.2) is 58.2 Å². The number of sulfonamides is 1. The van der Waals surface area contributed by atoms with Gasteiger partial charge in [0.15, 0.2) is 0 Å². The van der Waals surface area contributed by atoms with Crippen molar-refractivity contribution in [3.8, 4) is 0 Å². The van der Waals surface area contributed by atoms with Gasteiger partial charge in [-0.25, -0.2) is 0 Å². The van der Waals surface area contributed by atoms with E-state index in [0.29, 0.717) is 11.4 Å². The minimum Gasteiger partial charge on any atom is -0.446 e. The molecule has 0 saturated carbocycles. The van der Waals surface area contributed by atoms with Gasteiger partial charge in [-0.15, -0.1) is 0 Å². The Labute approximate surface area is 121 Å². The first-order valence-corrected chi connectivity index (χ1v) is 7.73. The largest absolute Gasteiger partial charge is 0.446 e. The molecule has 108 valence electrons. The van der Waals surface area contributed by atoms with E-state index in [1.54, 1.807) is 36.5 Å². The molecule has 7 heteroatoms. The third kappa shape index (κ3) is 2.74. The van der Waals surface area contributed by atoms with Crippen LogP contribution in [0.1, 0.15) is 5.76 Å². The second-order valence-corrected chi connectivity index (χ2v) is 6.05. The highest BCUT2D eigenvalue weighted by Crippen LogP contribution is 2.21. The van der Waals surface area contributed by atoms with Crippen LogP contribution in [-0.2, 0) is 16.6 Å². The molecule has 3 aromatic rings. The van der Waals surface area contributed by atoms with Crippen molar-refractivity contribution in [2.45, 2.75) is 11.6 Å². The molecule has 0 amide bonds. The minimum atomic E-state index is -3.76. The van der Waals surface area contributed by atoms with Gasteiger partial charge in [0.1, 0.15) is 5.76 Å². The van der Waals surface area contributed by atoms with Crippen LogP contribution in [0.25, 0.3) is 10.9 Å². The van der Waals surface area contributed by atoms with Crippen molar-refractivity contribution in [2.24, 2.45) is 5.73 Å². The van der Waals surface area contributed by atoms with Crippen LogP contribution < -0.4 is 10.5 Å². The smallest absolute Gasteiger partial charge is 0.295 e. The fourth-order valence-corrected chi connectivity index (χ4v) is 2.96. The summed E-state index contributed by atoms with van der Waals surface area (Å²) in [5, 5.41) is 0.689. The first-order valence-electron chi connectivity index (χ1n) is 6.25.